The first-order valence-corrected chi connectivity index (χ1v) is 7.39. The number of aromatic nitrogens is 2. The minimum absolute atomic E-state index is 0.390. The minimum atomic E-state index is 0.390. The highest BCUT2D eigenvalue weighted by atomic mass is 16.5. The number of hydrogen-bond acceptors (Lipinski definition) is 5. The van der Waals surface area contributed by atoms with E-state index in [-0.39, 0.29) is 0 Å². The summed E-state index contributed by atoms with van der Waals surface area (Å²) in [6.45, 7) is 5.18. The van der Waals surface area contributed by atoms with Crippen LogP contribution in [0.2, 0.25) is 0 Å². The van der Waals surface area contributed by atoms with E-state index < -0.39 is 0 Å². The Labute approximate surface area is 118 Å². The maximum atomic E-state index is 5.44. The van der Waals surface area contributed by atoms with Crippen LogP contribution in [0.5, 0.6) is 0 Å². The zero-order valence-electron chi connectivity index (χ0n) is 12.1. The topological polar surface area (TPSA) is 64.1 Å². The molecule has 5 heteroatoms. The molecule has 20 heavy (non-hydrogen) atoms. The van der Waals surface area contributed by atoms with Crippen LogP contribution >= 0.6 is 0 Å². The lowest BCUT2D eigenvalue weighted by atomic mass is 9.86. The lowest BCUT2D eigenvalue weighted by molar-refractivity contribution is 0.284. The van der Waals surface area contributed by atoms with Gasteiger partial charge >= 0.3 is 0 Å². The predicted molar refractivity (Wildman–Crippen MR) is 75.4 cm³/mol. The molecular formula is C15H21N3O2. The first kappa shape index (κ1) is 13.4. The SMILES string of the molecule is CCNC1CCC(c2nc(-c3occc3C)no2)CC1. The fourth-order valence-corrected chi connectivity index (χ4v) is 2.93. The molecule has 0 bridgehead atoms. The van der Waals surface area contributed by atoms with Gasteiger partial charge in [0.2, 0.25) is 11.7 Å². The molecule has 1 aliphatic carbocycles. The molecule has 0 unspecified atom stereocenters. The van der Waals surface area contributed by atoms with Crippen LogP contribution in [-0.4, -0.2) is 22.7 Å². The Morgan fingerprint density at radius 3 is 2.75 bits per heavy atom. The van der Waals surface area contributed by atoms with E-state index in [0.29, 0.717) is 23.5 Å². The second-order valence-corrected chi connectivity index (χ2v) is 5.50. The largest absolute Gasteiger partial charge is 0.461 e. The van der Waals surface area contributed by atoms with Crippen LogP contribution < -0.4 is 5.32 Å². The summed E-state index contributed by atoms with van der Waals surface area (Å²) in [5.41, 5.74) is 1.04. The molecule has 1 saturated carbocycles. The number of nitrogens with zero attached hydrogens (tertiary/aromatic N) is 2. The van der Waals surface area contributed by atoms with Crippen LogP contribution in [0.3, 0.4) is 0 Å². The van der Waals surface area contributed by atoms with Crippen molar-refractivity contribution < 1.29 is 8.94 Å². The summed E-state index contributed by atoms with van der Waals surface area (Å²) in [6, 6.07) is 2.55. The molecule has 5 nitrogen and oxygen atoms in total. The Balaban J connectivity index is 1.68. The molecule has 0 aliphatic heterocycles. The summed E-state index contributed by atoms with van der Waals surface area (Å²) in [7, 11) is 0. The molecule has 1 N–H and O–H groups in total. The molecule has 0 spiro atoms. The summed E-state index contributed by atoms with van der Waals surface area (Å²) in [4.78, 5) is 4.52. The van der Waals surface area contributed by atoms with Gasteiger partial charge in [0.15, 0.2) is 5.76 Å². The quantitative estimate of drug-likeness (QED) is 0.927. The number of nitrogens with one attached hydrogen (secondary N) is 1. The van der Waals surface area contributed by atoms with Gasteiger partial charge in [0.1, 0.15) is 0 Å². The highest BCUT2D eigenvalue weighted by Gasteiger charge is 2.26. The third kappa shape index (κ3) is 2.63. The lowest BCUT2D eigenvalue weighted by Gasteiger charge is -2.26. The van der Waals surface area contributed by atoms with Crippen LogP contribution in [0.25, 0.3) is 11.6 Å². The average molecular weight is 275 g/mol. The molecule has 0 saturated heterocycles. The van der Waals surface area contributed by atoms with Gasteiger partial charge < -0.3 is 14.3 Å². The fraction of sp³-hybridized carbons (Fsp3) is 0.600. The Kier molecular flexibility index (Phi) is 3.87. The zero-order chi connectivity index (χ0) is 13.9. The molecule has 0 amide bonds. The molecule has 0 aromatic carbocycles. The van der Waals surface area contributed by atoms with Gasteiger partial charge in [0.05, 0.1) is 6.26 Å². The summed E-state index contributed by atoms with van der Waals surface area (Å²) < 4.78 is 10.8. The lowest BCUT2D eigenvalue weighted by Crippen LogP contribution is -2.32. The zero-order valence-corrected chi connectivity index (χ0v) is 12.1. The molecule has 1 fully saturated rings. The Morgan fingerprint density at radius 2 is 2.10 bits per heavy atom. The molecule has 2 aromatic rings. The number of aryl methyl sites for hydroxylation is 1. The van der Waals surface area contributed by atoms with Gasteiger partial charge in [0.25, 0.3) is 0 Å². The van der Waals surface area contributed by atoms with Crippen molar-refractivity contribution in [1.29, 1.82) is 0 Å². The van der Waals surface area contributed by atoms with Crippen LogP contribution in [0.4, 0.5) is 0 Å². The maximum Gasteiger partial charge on any atom is 0.238 e. The van der Waals surface area contributed by atoms with Crippen LogP contribution in [0, 0.1) is 6.92 Å². The van der Waals surface area contributed by atoms with Crippen molar-refractivity contribution in [2.75, 3.05) is 6.54 Å². The molecule has 2 aromatic heterocycles. The van der Waals surface area contributed by atoms with E-state index in [9.17, 15) is 0 Å². The van der Waals surface area contributed by atoms with Gasteiger partial charge in [-0.05, 0) is 50.8 Å². The van der Waals surface area contributed by atoms with E-state index in [2.05, 4.69) is 22.4 Å². The minimum Gasteiger partial charge on any atom is -0.461 e. The highest BCUT2D eigenvalue weighted by Crippen LogP contribution is 2.33. The van der Waals surface area contributed by atoms with Gasteiger partial charge in [-0.3, -0.25) is 0 Å². The van der Waals surface area contributed by atoms with Crippen LogP contribution in [0.1, 0.15) is 50.0 Å². The van der Waals surface area contributed by atoms with Crippen molar-refractivity contribution in [3.63, 3.8) is 0 Å². The Hall–Kier alpha value is -1.62. The molecular weight excluding hydrogens is 254 g/mol. The van der Waals surface area contributed by atoms with Gasteiger partial charge in [-0.2, -0.15) is 4.98 Å². The van der Waals surface area contributed by atoms with Gasteiger partial charge in [-0.1, -0.05) is 12.1 Å². The van der Waals surface area contributed by atoms with E-state index in [4.69, 9.17) is 8.94 Å². The predicted octanol–water partition coefficient (Wildman–Crippen LogP) is 3.27. The summed E-state index contributed by atoms with van der Waals surface area (Å²) in [6.07, 6.45) is 6.22. The number of hydrogen-bond donors (Lipinski definition) is 1. The number of rotatable bonds is 4. The molecule has 2 heterocycles. The summed E-state index contributed by atoms with van der Waals surface area (Å²) in [5.74, 6) is 2.42. The summed E-state index contributed by atoms with van der Waals surface area (Å²) >= 11 is 0. The van der Waals surface area contributed by atoms with Gasteiger partial charge in [-0.25, -0.2) is 0 Å². The first-order valence-electron chi connectivity index (χ1n) is 7.39. The highest BCUT2D eigenvalue weighted by molar-refractivity contribution is 5.51. The fourth-order valence-electron chi connectivity index (χ4n) is 2.93. The molecule has 0 radical (unpaired) electrons. The van der Waals surface area contributed by atoms with Crippen LogP contribution in [0.15, 0.2) is 21.3 Å². The first-order chi connectivity index (χ1) is 9.78. The van der Waals surface area contributed by atoms with Gasteiger partial charge in [0, 0.05) is 12.0 Å². The molecule has 108 valence electrons. The van der Waals surface area contributed by atoms with E-state index in [0.717, 1.165) is 30.8 Å². The average Bonchev–Trinajstić information content (AvgIpc) is 3.08. The normalized spacial score (nSPS) is 23.1. The standard InChI is InChI=1S/C15H21N3O2/c1-3-16-12-6-4-11(5-7-12)15-17-14(18-20-15)13-10(2)8-9-19-13/h8-9,11-12,16H,3-7H2,1-2H3. The smallest absolute Gasteiger partial charge is 0.238 e. The molecule has 0 atom stereocenters. The van der Waals surface area contributed by atoms with Crippen molar-refractivity contribution in [3.05, 3.63) is 23.8 Å². The van der Waals surface area contributed by atoms with Crippen molar-refractivity contribution >= 4 is 0 Å². The van der Waals surface area contributed by atoms with E-state index in [1.54, 1.807) is 6.26 Å². The van der Waals surface area contributed by atoms with Crippen LogP contribution in [-0.2, 0) is 0 Å². The summed E-state index contributed by atoms with van der Waals surface area (Å²) in [5, 5.41) is 7.56. The van der Waals surface area contributed by atoms with Gasteiger partial charge in [-0.15, -0.1) is 0 Å². The van der Waals surface area contributed by atoms with Crippen molar-refractivity contribution in [1.82, 2.24) is 15.5 Å². The third-order valence-corrected chi connectivity index (χ3v) is 4.08. The number of furan rings is 1. The maximum absolute atomic E-state index is 5.44. The van der Waals surface area contributed by atoms with E-state index in [1.165, 1.54) is 12.8 Å². The van der Waals surface area contributed by atoms with E-state index in [1.807, 2.05) is 13.0 Å². The monoisotopic (exact) mass is 275 g/mol. The third-order valence-electron chi connectivity index (χ3n) is 4.08. The van der Waals surface area contributed by atoms with Crippen molar-refractivity contribution in [2.24, 2.45) is 0 Å². The van der Waals surface area contributed by atoms with Crippen molar-refractivity contribution in [2.45, 2.75) is 51.5 Å². The van der Waals surface area contributed by atoms with E-state index >= 15 is 0 Å². The van der Waals surface area contributed by atoms with Crippen molar-refractivity contribution in [3.8, 4) is 11.6 Å². The molecule has 3 rings (SSSR count). The second-order valence-electron chi connectivity index (χ2n) is 5.50. The molecule has 1 aliphatic rings. The Bertz CT molecular complexity index is 553. The Morgan fingerprint density at radius 1 is 1.30 bits per heavy atom. The second kappa shape index (κ2) is 5.79.